The first-order valence-electron chi connectivity index (χ1n) is 8.75. The van der Waals surface area contributed by atoms with Crippen LogP contribution in [0.25, 0.3) is 0 Å². The third-order valence-corrected chi connectivity index (χ3v) is 5.32. The molecular weight excluding hydrogens is 279 g/mol. The van der Waals surface area contributed by atoms with E-state index in [4.69, 9.17) is 9.47 Å². The van der Waals surface area contributed by atoms with E-state index in [-0.39, 0.29) is 12.1 Å². The zero-order chi connectivity index (χ0) is 15.4. The van der Waals surface area contributed by atoms with Crippen molar-refractivity contribution in [2.75, 3.05) is 13.2 Å². The maximum atomic E-state index is 13.0. The molecule has 1 aliphatic carbocycles. The van der Waals surface area contributed by atoms with Crippen LogP contribution in [0.15, 0.2) is 24.3 Å². The molecule has 1 aromatic rings. The summed E-state index contributed by atoms with van der Waals surface area (Å²) in [5.41, 5.74) is 0.909. The summed E-state index contributed by atoms with van der Waals surface area (Å²) in [5.74, 6) is 2.00. The predicted octanol–water partition coefficient (Wildman–Crippen LogP) is 5.09. The molecule has 0 atom stereocenters. The SMILES string of the molecule is CCCC1CCC(C2COC(c3ccc(F)cc3)OC2)CC1. The Morgan fingerprint density at radius 2 is 1.59 bits per heavy atom. The zero-order valence-corrected chi connectivity index (χ0v) is 13.5. The van der Waals surface area contributed by atoms with Crippen molar-refractivity contribution >= 4 is 0 Å². The lowest BCUT2D eigenvalue weighted by molar-refractivity contribution is -0.214. The first-order chi connectivity index (χ1) is 10.8. The topological polar surface area (TPSA) is 18.5 Å². The largest absolute Gasteiger partial charge is 0.348 e. The number of rotatable bonds is 4. The van der Waals surface area contributed by atoms with Crippen LogP contribution < -0.4 is 0 Å². The lowest BCUT2D eigenvalue weighted by Gasteiger charge is -2.37. The monoisotopic (exact) mass is 306 g/mol. The first kappa shape index (κ1) is 15.9. The number of ether oxygens (including phenoxy) is 2. The molecule has 122 valence electrons. The smallest absolute Gasteiger partial charge is 0.183 e. The van der Waals surface area contributed by atoms with Gasteiger partial charge in [0.15, 0.2) is 6.29 Å². The minimum absolute atomic E-state index is 0.221. The molecule has 0 amide bonds. The quantitative estimate of drug-likeness (QED) is 0.771. The van der Waals surface area contributed by atoms with Gasteiger partial charge in [-0.1, -0.05) is 44.7 Å². The van der Waals surface area contributed by atoms with Gasteiger partial charge in [-0.2, -0.15) is 0 Å². The minimum Gasteiger partial charge on any atom is -0.348 e. The van der Waals surface area contributed by atoms with Gasteiger partial charge in [0.05, 0.1) is 13.2 Å². The Bertz CT molecular complexity index is 443. The molecule has 0 bridgehead atoms. The maximum absolute atomic E-state index is 13.0. The summed E-state index contributed by atoms with van der Waals surface area (Å²) >= 11 is 0. The number of halogens is 1. The average Bonchev–Trinajstić information content (AvgIpc) is 2.57. The van der Waals surface area contributed by atoms with Crippen molar-refractivity contribution in [3.63, 3.8) is 0 Å². The van der Waals surface area contributed by atoms with Gasteiger partial charge >= 0.3 is 0 Å². The second-order valence-corrected chi connectivity index (χ2v) is 6.88. The molecule has 1 aromatic carbocycles. The fourth-order valence-electron chi connectivity index (χ4n) is 3.96. The Balaban J connectivity index is 1.47. The van der Waals surface area contributed by atoms with Gasteiger partial charge in [-0.05, 0) is 36.8 Å². The molecule has 0 aromatic heterocycles. The van der Waals surface area contributed by atoms with Crippen LogP contribution in [0.3, 0.4) is 0 Å². The predicted molar refractivity (Wildman–Crippen MR) is 84.9 cm³/mol. The number of hydrogen-bond donors (Lipinski definition) is 0. The molecule has 3 rings (SSSR count). The van der Waals surface area contributed by atoms with E-state index >= 15 is 0 Å². The molecule has 2 aliphatic rings. The fraction of sp³-hybridized carbons (Fsp3) is 0.684. The van der Waals surface area contributed by atoms with Crippen LogP contribution in [-0.4, -0.2) is 13.2 Å². The highest BCUT2D eigenvalue weighted by molar-refractivity contribution is 5.17. The third-order valence-electron chi connectivity index (χ3n) is 5.32. The number of benzene rings is 1. The second kappa shape index (κ2) is 7.56. The van der Waals surface area contributed by atoms with Gasteiger partial charge in [-0.15, -0.1) is 0 Å². The molecule has 2 nitrogen and oxygen atoms in total. The Labute approximate surface area is 133 Å². The molecule has 0 N–H and O–H groups in total. The second-order valence-electron chi connectivity index (χ2n) is 6.88. The van der Waals surface area contributed by atoms with Gasteiger partial charge in [0.1, 0.15) is 5.82 Å². The zero-order valence-electron chi connectivity index (χ0n) is 13.5. The molecule has 3 heteroatoms. The summed E-state index contributed by atoms with van der Waals surface area (Å²) in [6, 6.07) is 6.42. The highest BCUT2D eigenvalue weighted by atomic mass is 19.1. The molecule has 0 spiro atoms. The van der Waals surface area contributed by atoms with Crippen LogP contribution >= 0.6 is 0 Å². The van der Waals surface area contributed by atoms with E-state index in [0.29, 0.717) is 5.92 Å². The summed E-state index contributed by atoms with van der Waals surface area (Å²) < 4.78 is 24.8. The molecule has 0 radical (unpaired) electrons. The van der Waals surface area contributed by atoms with Crippen molar-refractivity contribution in [2.45, 2.75) is 51.7 Å². The highest BCUT2D eigenvalue weighted by Gasteiger charge is 2.32. The van der Waals surface area contributed by atoms with Crippen molar-refractivity contribution in [1.29, 1.82) is 0 Å². The van der Waals surface area contributed by atoms with E-state index in [9.17, 15) is 4.39 Å². The van der Waals surface area contributed by atoms with Crippen LogP contribution in [0.1, 0.15) is 57.3 Å². The summed E-state index contributed by atoms with van der Waals surface area (Å²) in [6.45, 7) is 3.82. The van der Waals surface area contributed by atoms with E-state index in [2.05, 4.69) is 6.92 Å². The van der Waals surface area contributed by atoms with Gasteiger partial charge < -0.3 is 9.47 Å². The molecule has 1 saturated carbocycles. The van der Waals surface area contributed by atoms with E-state index in [1.807, 2.05) is 0 Å². The molecule has 1 saturated heterocycles. The Morgan fingerprint density at radius 1 is 0.955 bits per heavy atom. The van der Waals surface area contributed by atoms with Gasteiger partial charge in [0, 0.05) is 11.5 Å². The lowest BCUT2D eigenvalue weighted by atomic mass is 9.75. The molecular formula is C19H27FO2. The van der Waals surface area contributed by atoms with Crippen molar-refractivity contribution < 1.29 is 13.9 Å². The third kappa shape index (κ3) is 3.88. The molecule has 1 aliphatic heterocycles. The van der Waals surface area contributed by atoms with Crippen molar-refractivity contribution in [2.24, 2.45) is 17.8 Å². The Hall–Kier alpha value is -0.930. The molecule has 0 unspecified atom stereocenters. The lowest BCUT2D eigenvalue weighted by Crippen LogP contribution is -2.34. The fourth-order valence-corrected chi connectivity index (χ4v) is 3.96. The summed E-state index contributed by atoms with van der Waals surface area (Å²) in [7, 11) is 0. The Morgan fingerprint density at radius 3 is 2.18 bits per heavy atom. The van der Waals surface area contributed by atoms with E-state index in [1.54, 1.807) is 12.1 Å². The summed E-state index contributed by atoms with van der Waals surface area (Å²) in [5, 5.41) is 0. The normalized spacial score (nSPS) is 32.8. The van der Waals surface area contributed by atoms with Crippen LogP contribution in [0.5, 0.6) is 0 Å². The molecule has 22 heavy (non-hydrogen) atoms. The number of hydrogen-bond acceptors (Lipinski definition) is 2. The van der Waals surface area contributed by atoms with E-state index < -0.39 is 0 Å². The first-order valence-corrected chi connectivity index (χ1v) is 8.75. The van der Waals surface area contributed by atoms with Crippen molar-refractivity contribution in [3.8, 4) is 0 Å². The van der Waals surface area contributed by atoms with Gasteiger partial charge in [-0.3, -0.25) is 0 Å². The molecule has 2 fully saturated rings. The Kier molecular flexibility index (Phi) is 5.48. The average molecular weight is 306 g/mol. The maximum Gasteiger partial charge on any atom is 0.183 e. The van der Waals surface area contributed by atoms with E-state index in [0.717, 1.165) is 30.6 Å². The summed E-state index contributed by atoms with van der Waals surface area (Å²) in [6.07, 6.45) is 7.76. The van der Waals surface area contributed by atoms with Crippen LogP contribution in [0, 0.1) is 23.6 Å². The summed E-state index contributed by atoms with van der Waals surface area (Å²) in [4.78, 5) is 0. The highest BCUT2D eigenvalue weighted by Crippen LogP contribution is 2.38. The van der Waals surface area contributed by atoms with Crippen LogP contribution in [0.2, 0.25) is 0 Å². The van der Waals surface area contributed by atoms with Crippen LogP contribution in [-0.2, 0) is 9.47 Å². The van der Waals surface area contributed by atoms with Crippen molar-refractivity contribution in [1.82, 2.24) is 0 Å². The van der Waals surface area contributed by atoms with Gasteiger partial charge in [0.2, 0.25) is 0 Å². The standard InChI is InChI=1S/C19H27FO2/c1-2-3-14-4-6-15(7-5-14)17-12-21-19(22-13-17)16-8-10-18(20)11-9-16/h8-11,14-15,17,19H,2-7,12-13H2,1H3. The minimum atomic E-state index is -0.326. The van der Waals surface area contributed by atoms with Crippen LogP contribution in [0.4, 0.5) is 4.39 Å². The van der Waals surface area contributed by atoms with E-state index in [1.165, 1.54) is 50.7 Å². The van der Waals surface area contributed by atoms with Gasteiger partial charge in [0.25, 0.3) is 0 Å². The van der Waals surface area contributed by atoms with Crippen molar-refractivity contribution in [3.05, 3.63) is 35.6 Å². The van der Waals surface area contributed by atoms with Gasteiger partial charge in [-0.25, -0.2) is 4.39 Å². The molecule has 1 heterocycles.